The van der Waals surface area contributed by atoms with Crippen LogP contribution in [0.2, 0.25) is 0 Å². The van der Waals surface area contributed by atoms with Gasteiger partial charge in [0.1, 0.15) is 12.0 Å². The molecule has 0 fully saturated rings. The topological polar surface area (TPSA) is 163 Å². The van der Waals surface area contributed by atoms with Crippen molar-refractivity contribution in [2.45, 2.75) is 41.9 Å². The van der Waals surface area contributed by atoms with Gasteiger partial charge in [0.15, 0.2) is 0 Å². The van der Waals surface area contributed by atoms with Gasteiger partial charge in [-0.05, 0) is 12.2 Å². The fourth-order valence-electron chi connectivity index (χ4n) is 1.43. The highest BCUT2D eigenvalue weighted by Crippen LogP contribution is 2.50. The molecular weight excluding hydrogens is 471 g/mol. The normalized spacial score (nSPS) is 10.0. The molecule has 0 aliphatic heterocycles. The Hall–Kier alpha value is -3.08. The number of esters is 2. The second-order valence-corrected chi connectivity index (χ2v) is 7.22. The Balaban J connectivity index is -0.0000000936. The Bertz CT molecular complexity index is 706. The molecule has 1 unspecified atom stereocenters. The van der Waals surface area contributed by atoms with E-state index in [0.29, 0.717) is 6.29 Å². The average Bonchev–Trinajstić information content (AvgIpc) is 2.75. The summed E-state index contributed by atoms with van der Waals surface area (Å²) < 4.78 is 29.8. The molecule has 0 aliphatic carbocycles. The number of ether oxygens (including phenoxy) is 2. The minimum atomic E-state index is -3.72. The van der Waals surface area contributed by atoms with Crippen LogP contribution < -0.4 is 10.6 Å². The molecule has 0 saturated carbocycles. The molecule has 0 saturated heterocycles. The molecule has 0 radical (unpaired) electrons. The SMILES string of the molecule is C.C.C.C=C/C=C(\NC(C)=O)C(=O)OC.C=CC=O.COC(=O)C(NC(C)=O)P(=O)(OC)OC. The van der Waals surface area contributed by atoms with Gasteiger partial charge in [-0.15, -0.1) is 0 Å². The molecule has 200 valence electrons. The highest BCUT2D eigenvalue weighted by molar-refractivity contribution is 7.55. The van der Waals surface area contributed by atoms with Crippen LogP contribution in [0.3, 0.4) is 0 Å². The van der Waals surface area contributed by atoms with Gasteiger partial charge in [0, 0.05) is 28.1 Å². The summed E-state index contributed by atoms with van der Waals surface area (Å²) in [4.78, 5) is 52.5. The second-order valence-electron chi connectivity index (χ2n) is 4.89. The Morgan fingerprint density at radius 1 is 0.853 bits per heavy atom. The smallest absolute Gasteiger partial charge is 0.363 e. The lowest BCUT2D eigenvalue weighted by Crippen LogP contribution is -2.40. The van der Waals surface area contributed by atoms with Crippen LogP contribution in [0.25, 0.3) is 0 Å². The summed E-state index contributed by atoms with van der Waals surface area (Å²) in [6.45, 7) is 8.98. The van der Waals surface area contributed by atoms with Crippen LogP contribution in [-0.2, 0) is 47.1 Å². The molecular formula is C21H41N2O10P. The molecule has 1 atom stereocenters. The van der Waals surface area contributed by atoms with E-state index in [1.165, 1.54) is 39.2 Å². The van der Waals surface area contributed by atoms with E-state index in [0.717, 1.165) is 21.3 Å². The van der Waals surface area contributed by atoms with Crippen molar-refractivity contribution in [2.75, 3.05) is 28.4 Å². The predicted octanol–water partition coefficient (Wildman–Crippen LogP) is 2.75. The van der Waals surface area contributed by atoms with Gasteiger partial charge >= 0.3 is 19.5 Å². The van der Waals surface area contributed by atoms with Gasteiger partial charge in [-0.25, -0.2) is 9.59 Å². The number of rotatable bonds is 9. The van der Waals surface area contributed by atoms with E-state index >= 15 is 0 Å². The minimum absolute atomic E-state index is 0. The van der Waals surface area contributed by atoms with Crippen LogP contribution >= 0.6 is 7.60 Å². The molecule has 0 spiro atoms. The van der Waals surface area contributed by atoms with Crippen LogP contribution in [0.1, 0.15) is 36.1 Å². The van der Waals surface area contributed by atoms with Crippen molar-refractivity contribution in [1.29, 1.82) is 0 Å². The molecule has 0 rings (SSSR count). The van der Waals surface area contributed by atoms with Gasteiger partial charge in [0.2, 0.25) is 17.6 Å². The standard InChI is InChI=1S/C8H11NO3.C7H14NO6P.C3H4O.3CH4/c1-4-5-7(8(11)12-3)9-6(2)10;1-5(9)8-6(7(10)12-2)15(11,13-3)14-4;1-2-3-4;;;/h4-5H,1H2,2-3H3,(H,9,10);6H,1-4H3,(H,8,9);2-3H,1H2;3*1H4/b7-5-;;;;;. The van der Waals surface area contributed by atoms with Gasteiger partial charge in [-0.2, -0.15) is 0 Å². The highest BCUT2D eigenvalue weighted by Gasteiger charge is 2.41. The van der Waals surface area contributed by atoms with Crippen LogP contribution in [0.15, 0.2) is 37.1 Å². The lowest BCUT2D eigenvalue weighted by molar-refractivity contribution is -0.142. The molecule has 0 aliphatic rings. The predicted molar refractivity (Wildman–Crippen MR) is 132 cm³/mol. The van der Waals surface area contributed by atoms with E-state index in [9.17, 15) is 23.7 Å². The number of hydrogen-bond acceptors (Lipinski definition) is 10. The first-order valence-corrected chi connectivity index (χ1v) is 9.86. The van der Waals surface area contributed by atoms with Crippen LogP contribution in [0, 0.1) is 0 Å². The first-order chi connectivity index (χ1) is 14.4. The number of amides is 2. The fraction of sp³-hybridized carbons (Fsp3) is 0.476. The van der Waals surface area contributed by atoms with E-state index in [1.807, 2.05) is 0 Å². The van der Waals surface area contributed by atoms with Crippen molar-refractivity contribution in [3.63, 3.8) is 0 Å². The minimum Gasteiger partial charge on any atom is -0.467 e. The first-order valence-electron chi connectivity index (χ1n) is 8.25. The molecule has 0 heterocycles. The molecule has 0 aromatic rings. The van der Waals surface area contributed by atoms with E-state index in [2.05, 4.69) is 42.3 Å². The lowest BCUT2D eigenvalue weighted by atomic mass is 10.4. The van der Waals surface area contributed by atoms with Crippen molar-refractivity contribution in [3.8, 4) is 0 Å². The maximum Gasteiger partial charge on any atom is 0.363 e. The maximum absolute atomic E-state index is 11.8. The number of aldehydes is 1. The number of carbonyl (C=O) groups is 5. The molecule has 2 amide bonds. The summed E-state index contributed by atoms with van der Waals surface area (Å²) in [5.41, 5.74) is 0.0833. The zero-order chi connectivity index (χ0) is 25.0. The van der Waals surface area contributed by atoms with Gasteiger partial charge in [0.25, 0.3) is 0 Å². The summed E-state index contributed by atoms with van der Waals surface area (Å²) in [6, 6.07) is 0. The van der Waals surface area contributed by atoms with Crippen molar-refractivity contribution in [3.05, 3.63) is 37.1 Å². The Morgan fingerprint density at radius 2 is 1.29 bits per heavy atom. The lowest BCUT2D eigenvalue weighted by Gasteiger charge is -2.22. The zero-order valence-electron chi connectivity index (χ0n) is 18.3. The number of methoxy groups -OCH3 is 2. The second kappa shape index (κ2) is 26.2. The summed E-state index contributed by atoms with van der Waals surface area (Å²) >= 11 is 0. The third kappa shape index (κ3) is 20.8. The van der Waals surface area contributed by atoms with Gasteiger partial charge in [-0.3, -0.25) is 18.9 Å². The molecule has 2 N–H and O–H groups in total. The van der Waals surface area contributed by atoms with Crippen LogP contribution in [0.4, 0.5) is 0 Å². The monoisotopic (exact) mass is 512 g/mol. The van der Waals surface area contributed by atoms with Crippen molar-refractivity contribution in [2.24, 2.45) is 0 Å². The molecule has 0 aromatic carbocycles. The van der Waals surface area contributed by atoms with Gasteiger partial charge in [0.05, 0.1) is 14.2 Å². The van der Waals surface area contributed by atoms with E-state index in [-0.39, 0.29) is 33.9 Å². The maximum atomic E-state index is 11.8. The Kier molecular flexibility index (Phi) is 34.3. The number of carbonyl (C=O) groups excluding carboxylic acids is 5. The average molecular weight is 513 g/mol. The van der Waals surface area contributed by atoms with E-state index in [4.69, 9.17) is 4.79 Å². The number of nitrogens with one attached hydrogen (secondary N) is 2. The summed E-state index contributed by atoms with van der Waals surface area (Å²) in [5.74, 6) is -3.80. The van der Waals surface area contributed by atoms with E-state index in [1.54, 1.807) is 0 Å². The summed E-state index contributed by atoms with van der Waals surface area (Å²) in [5, 5.41) is 4.45. The summed E-state index contributed by atoms with van der Waals surface area (Å²) in [6.07, 6.45) is 4.59. The van der Waals surface area contributed by atoms with Crippen LogP contribution in [0.5, 0.6) is 0 Å². The number of allylic oxidation sites excluding steroid dienone is 3. The highest BCUT2D eigenvalue weighted by atomic mass is 31.2. The van der Waals surface area contributed by atoms with E-state index < -0.39 is 31.2 Å². The van der Waals surface area contributed by atoms with Crippen molar-refractivity contribution < 1.29 is 47.1 Å². The first kappa shape index (κ1) is 44.6. The van der Waals surface area contributed by atoms with Gasteiger partial charge < -0.3 is 29.2 Å². The Morgan fingerprint density at radius 3 is 1.53 bits per heavy atom. The molecule has 0 aromatic heterocycles. The summed E-state index contributed by atoms with van der Waals surface area (Å²) in [7, 11) is 0.843. The fourth-order valence-corrected chi connectivity index (χ4v) is 2.71. The van der Waals surface area contributed by atoms with Crippen LogP contribution in [-0.4, -0.2) is 64.3 Å². The molecule has 12 nitrogen and oxygen atoms in total. The molecule has 34 heavy (non-hydrogen) atoms. The Labute approximate surface area is 203 Å². The number of hydrogen-bond donors (Lipinski definition) is 2. The molecule has 13 heteroatoms. The third-order valence-corrected chi connectivity index (χ3v) is 4.68. The van der Waals surface area contributed by atoms with Gasteiger partial charge in [-0.1, -0.05) is 41.5 Å². The largest absolute Gasteiger partial charge is 0.467 e. The van der Waals surface area contributed by atoms with Crippen molar-refractivity contribution >= 4 is 37.6 Å². The third-order valence-electron chi connectivity index (χ3n) is 2.69. The van der Waals surface area contributed by atoms with Crippen molar-refractivity contribution in [1.82, 2.24) is 10.6 Å². The zero-order valence-corrected chi connectivity index (χ0v) is 19.2. The quantitative estimate of drug-likeness (QED) is 0.154. The molecule has 0 bridgehead atoms.